The Morgan fingerprint density at radius 3 is 2.64 bits per heavy atom. The van der Waals surface area contributed by atoms with E-state index in [2.05, 4.69) is 36.0 Å². The summed E-state index contributed by atoms with van der Waals surface area (Å²) in [5, 5.41) is 3.24. The average molecular weight is 199 g/mol. The van der Waals surface area contributed by atoms with E-state index in [-0.39, 0.29) is 0 Å². The molecule has 84 valence electrons. The first-order valence-electron chi connectivity index (χ1n) is 5.74. The van der Waals surface area contributed by atoms with Crippen molar-refractivity contribution in [2.45, 2.75) is 32.4 Å². The molecule has 0 aromatic heterocycles. The lowest BCUT2D eigenvalue weighted by atomic mass is 10.1. The Morgan fingerprint density at radius 2 is 2.07 bits per heavy atom. The third-order valence-electron chi connectivity index (χ3n) is 3.12. The topological polar surface area (TPSA) is 18.5 Å². The van der Waals surface area contributed by atoms with Gasteiger partial charge in [-0.15, -0.1) is 0 Å². The Labute approximate surface area is 88.5 Å². The fourth-order valence-electron chi connectivity index (χ4n) is 2.27. The summed E-state index contributed by atoms with van der Waals surface area (Å²) in [6, 6.07) is 1.42. The summed E-state index contributed by atoms with van der Waals surface area (Å²) in [6.07, 6.45) is 1.26. The van der Waals surface area contributed by atoms with Crippen LogP contribution >= 0.6 is 0 Å². The van der Waals surface area contributed by atoms with Gasteiger partial charge in [0, 0.05) is 31.7 Å². The second-order valence-electron chi connectivity index (χ2n) is 4.64. The van der Waals surface area contributed by atoms with E-state index in [0.717, 1.165) is 12.6 Å². The van der Waals surface area contributed by atoms with Crippen LogP contribution in [0.4, 0.5) is 0 Å². The lowest BCUT2D eigenvalue weighted by Crippen LogP contribution is -2.54. The van der Waals surface area contributed by atoms with E-state index in [1.165, 1.54) is 26.1 Å². The molecule has 0 spiro atoms. The molecular formula is C11H25N3. The van der Waals surface area contributed by atoms with Crippen molar-refractivity contribution in [1.82, 2.24) is 15.1 Å². The van der Waals surface area contributed by atoms with Crippen molar-refractivity contribution in [3.63, 3.8) is 0 Å². The molecule has 0 radical (unpaired) electrons. The second kappa shape index (κ2) is 5.69. The summed E-state index contributed by atoms with van der Waals surface area (Å²) in [4.78, 5) is 5.08. The molecule has 0 bridgehead atoms. The van der Waals surface area contributed by atoms with Crippen LogP contribution in [0.2, 0.25) is 0 Å². The maximum Gasteiger partial charge on any atom is 0.0238 e. The van der Waals surface area contributed by atoms with Gasteiger partial charge in [-0.3, -0.25) is 4.90 Å². The molecular weight excluding hydrogens is 174 g/mol. The van der Waals surface area contributed by atoms with Gasteiger partial charge in [0.2, 0.25) is 0 Å². The Balaban J connectivity index is 2.45. The zero-order chi connectivity index (χ0) is 10.6. The first-order chi connectivity index (χ1) is 6.65. The molecule has 1 rings (SSSR count). The van der Waals surface area contributed by atoms with Gasteiger partial charge in [0.25, 0.3) is 0 Å². The van der Waals surface area contributed by atoms with E-state index in [1.807, 2.05) is 7.05 Å². The number of hydrogen-bond donors (Lipinski definition) is 1. The van der Waals surface area contributed by atoms with Crippen molar-refractivity contribution in [2.24, 2.45) is 0 Å². The van der Waals surface area contributed by atoms with Gasteiger partial charge in [0.15, 0.2) is 0 Å². The van der Waals surface area contributed by atoms with Gasteiger partial charge in [-0.05, 0) is 40.9 Å². The van der Waals surface area contributed by atoms with Crippen molar-refractivity contribution in [3.05, 3.63) is 0 Å². The normalized spacial score (nSPS) is 25.9. The zero-order valence-corrected chi connectivity index (χ0v) is 10.1. The van der Waals surface area contributed by atoms with Crippen LogP contribution in [0, 0.1) is 0 Å². The molecule has 14 heavy (non-hydrogen) atoms. The van der Waals surface area contributed by atoms with Crippen molar-refractivity contribution >= 4 is 0 Å². The smallest absolute Gasteiger partial charge is 0.0238 e. The molecule has 1 unspecified atom stereocenters. The Bertz CT molecular complexity index is 159. The quantitative estimate of drug-likeness (QED) is 0.716. The van der Waals surface area contributed by atoms with Crippen LogP contribution in [0.3, 0.4) is 0 Å². The van der Waals surface area contributed by atoms with Crippen LogP contribution < -0.4 is 5.32 Å². The molecule has 3 nitrogen and oxygen atoms in total. The predicted molar refractivity (Wildman–Crippen MR) is 61.7 cm³/mol. The first kappa shape index (κ1) is 12.0. The van der Waals surface area contributed by atoms with E-state index in [9.17, 15) is 0 Å². The van der Waals surface area contributed by atoms with Crippen molar-refractivity contribution in [3.8, 4) is 0 Å². The monoisotopic (exact) mass is 199 g/mol. The largest absolute Gasteiger partial charge is 0.320 e. The Kier molecular flexibility index (Phi) is 4.85. The Morgan fingerprint density at radius 1 is 1.36 bits per heavy atom. The van der Waals surface area contributed by atoms with Gasteiger partial charge in [0.05, 0.1) is 0 Å². The van der Waals surface area contributed by atoms with Gasteiger partial charge in [-0.2, -0.15) is 0 Å². The average Bonchev–Trinajstić information content (AvgIpc) is 2.14. The SMILES string of the molecule is CNCCC1CN(C)CCN1C(C)C. The lowest BCUT2D eigenvalue weighted by Gasteiger charge is -2.42. The molecule has 1 aliphatic rings. The van der Waals surface area contributed by atoms with Gasteiger partial charge in [-0.1, -0.05) is 0 Å². The van der Waals surface area contributed by atoms with Crippen LogP contribution in [0.5, 0.6) is 0 Å². The highest BCUT2D eigenvalue weighted by Crippen LogP contribution is 2.14. The number of rotatable bonds is 4. The van der Waals surface area contributed by atoms with E-state index >= 15 is 0 Å². The molecule has 0 aliphatic carbocycles. The minimum absolute atomic E-state index is 0.686. The summed E-state index contributed by atoms with van der Waals surface area (Å²) in [6.45, 7) is 9.40. The number of hydrogen-bond acceptors (Lipinski definition) is 3. The second-order valence-corrected chi connectivity index (χ2v) is 4.64. The maximum atomic E-state index is 3.24. The van der Waals surface area contributed by atoms with Crippen molar-refractivity contribution in [2.75, 3.05) is 40.3 Å². The van der Waals surface area contributed by atoms with Gasteiger partial charge < -0.3 is 10.2 Å². The predicted octanol–water partition coefficient (Wildman–Crippen LogP) is 0.620. The highest BCUT2D eigenvalue weighted by molar-refractivity contribution is 4.83. The van der Waals surface area contributed by atoms with E-state index in [4.69, 9.17) is 0 Å². The standard InChI is InChI=1S/C11H25N3/c1-10(2)14-8-7-13(4)9-11(14)5-6-12-3/h10-12H,5-9H2,1-4H3. The lowest BCUT2D eigenvalue weighted by molar-refractivity contribution is 0.0600. The van der Waals surface area contributed by atoms with E-state index in [1.54, 1.807) is 0 Å². The number of nitrogens with zero attached hydrogens (tertiary/aromatic N) is 2. The third-order valence-corrected chi connectivity index (χ3v) is 3.12. The molecule has 0 saturated carbocycles. The number of piperazine rings is 1. The highest BCUT2D eigenvalue weighted by Gasteiger charge is 2.26. The van der Waals surface area contributed by atoms with Crippen LogP contribution in [-0.2, 0) is 0 Å². The molecule has 1 aliphatic heterocycles. The molecule has 1 atom stereocenters. The van der Waals surface area contributed by atoms with Gasteiger partial charge in [-0.25, -0.2) is 0 Å². The Hall–Kier alpha value is -0.120. The molecule has 1 fully saturated rings. The summed E-state index contributed by atoms with van der Waals surface area (Å²) in [7, 11) is 4.26. The van der Waals surface area contributed by atoms with Crippen LogP contribution in [0.1, 0.15) is 20.3 Å². The maximum absolute atomic E-state index is 3.24. The van der Waals surface area contributed by atoms with Gasteiger partial charge >= 0.3 is 0 Å². The van der Waals surface area contributed by atoms with E-state index in [0.29, 0.717) is 6.04 Å². The molecule has 1 heterocycles. The van der Waals surface area contributed by atoms with Crippen LogP contribution in [-0.4, -0.2) is 62.2 Å². The van der Waals surface area contributed by atoms with Crippen LogP contribution in [0.15, 0.2) is 0 Å². The molecule has 0 aromatic carbocycles. The van der Waals surface area contributed by atoms with Crippen LogP contribution in [0.25, 0.3) is 0 Å². The summed E-state index contributed by atoms with van der Waals surface area (Å²) >= 11 is 0. The number of likely N-dealkylation sites (N-methyl/N-ethyl adjacent to an activating group) is 1. The van der Waals surface area contributed by atoms with Gasteiger partial charge in [0.1, 0.15) is 0 Å². The van der Waals surface area contributed by atoms with Crippen molar-refractivity contribution < 1.29 is 0 Å². The number of nitrogens with one attached hydrogen (secondary N) is 1. The highest BCUT2D eigenvalue weighted by atomic mass is 15.3. The molecule has 1 N–H and O–H groups in total. The summed E-state index contributed by atoms with van der Waals surface area (Å²) in [5.41, 5.74) is 0. The van der Waals surface area contributed by atoms with Crippen molar-refractivity contribution in [1.29, 1.82) is 0 Å². The minimum Gasteiger partial charge on any atom is -0.320 e. The summed E-state index contributed by atoms with van der Waals surface area (Å²) < 4.78 is 0. The fraction of sp³-hybridized carbons (Fsp3) is 1.00. The molecule has 3 heteroatoms. The molecule has 1 saturated heterocycles. The first-order valence-corrected chi connectivity index (χ1v) is 5.74. The zero-order valence-electron chi connectivity index (χ0n) is 10.1. The fourth-order valence-corrected chi connectivity index (χ4v) is 2.27. The van der Waals surface area contributed by atoms with E-state index < -0.39 is 0 Å². The molecule has 0 aromatic rings. The molecule has 0 amide bonds. The minimum atomic E-state index is 0.686. The summed E-state index contributed by atoms with van der Waals surface area (Å²) in [5.74, 6) is 0. The third kappa shape index (κ3) is 3.23.